The maximum absolute atomic E-state index is 8.98. The number of nitrogens with two attached hydrogens (primary N) is 1. The van der Waals surface area contributed by atoms with Crippen molar-refractivity contribution in [2.75, 3.05) is 5.73 Å². The van der Waals surface area contributed by atoms with E-state index < -0.39 is 0 Å². The summed E-state index contributed by atoms with van der Waals surface area (Å²) in [6, 6.07) is 17.2. The average molecular weight is 339 g/mol. The second-order valence-corrected chi connectivity index (χ2v) is 5.38. The van der Waals surface area contributed by atoms with Gasteiger partial charge in [-0.05, 0) is 40.2 Å². The summed E-state index contributed by atoms with van der Waals surface area (Å²) >= 11 is 3.50. The quantitative estimate of drug-likeness (QED) is 0.773. The molecule has 0 amide bonds. The largest absolute Gasteiger partial charge is 0.396 e. The predicted molar refractivity (Wildman–Crippen MR) is 85.8 cm³/mol. The molecule has 0 saturated carbocycles. The smallest absolute Gasteiger partial charge is 0.116 e. The van der Waals surface area contributed by atoms with E-state index in [-0.39, 0.29) is 0 Å². The Morgan fingerprint density at radius 1 is 1.14 bits per heavy atom. The van der Waals surface area contributed by atoms with Gasteiger partial charge >= 0.3 is 0 Å². The number of aromatic nitrogens is 2. The molecule has 5 heteroatoms. The van der Waals surface area contributed by atoms with E-state index in [4.69, 9.17) is 11.0 Å². The van der Waals surface area contributed by atoms with E-state index in [1.54, 1.807) is 23.0 Å². The minimum absolute atomic E-state index is 0.570. The van der Waals surface area contributed by atoms with Crippen LogP contribution in [0.2, 0.25) is 0 Å². The third-order valence-electron chi connectivity index (χ3n) is 3.11. The Bertz CT molecular complexity index is 845. The first kappa shape index (κ1) is 13.4. The summed E-state index contributed by atoms with van der Waals surface area (Å²) in [5.41, 5.74) is 9.64. The molecule has 3 aromatic rings. The summed E-state index contributed by atoms with van der Waals surface area (Å²) in [5, 5.41) is 13.5. The van der Waals surface area contributed by atoms with Crippen molar-refractivity contribution in [2.24, 2.45) is 0 Å². The van der Waals surface area contributed by atoms with Crippen LogP contribution in [0.4, 0.5) is 5.69 Å². The lowest BCUT2D eigenvalue weighted by atomic mass is 10.1. The zero-order valence-electron chi connectivity index (χ0n) is 11.0. The summed E-state index contributed by atoms with van der Waals surface area (Å²) in [7, 11) is 0. The lowest BCUT2D eigenvalue weighted by molar-refractivity contribution is 0.880. The summed E-state index contributed by atoms with van der Waals surface area (Å²) in [6.07, 6.45) is 1.77. The Hall–Kier alpha value is -2.58. The van der Waals surface area contributed by atoms with Crippen LogP contribution in [0.3, 0.4) is 0 Å². The topological polar surface area (TPSA) is 67.6 Å². The van der Waals surface area contributed by atoms with Crippen molar-refractivity contribution in [3.05, 3.63) is 64.8 Å². The van der Waals surface area contributed by atoms with Crippen LogP contribution in [0.5, 0.6) is 0 Å². The van der Waals surface area contributed by atoms with Crippen molar-refractivity contribution in [1.29, 1.82) is 5.26 Å². The first-order valence-electron chi connectivity index (χ1n) is 6.29. The molecular formula is C16H11BrN4. The lowest BCUT2D eigenvalue weighted by Crippen LogP contribution is -1.95. The number of anilines is 1. The molecule has 0 aliphatic rings. The molecule has 0 aliphatic heterocycles. The van der Waals surface area contributed by atoms with Crippen LogP contribution in [0.15, 0.2) is 59.2 Å². The molecule has 0 unspecified atom stereocenters. The number of nitrogen functional groups attached to an aromatic ring is 1. The molecule has 0 saturated heterocycles. The number of nitriles is 1. The Kier molecular flexibility index (Phi) is 3.46. The van der Waals surface area contributed by atoms with Crippen LogP contribution >= 0.6 is 15.9 Å². The van der Waals surface area contributed by atoms with Gasteiger partial charge in [0.25, 0.3) is 0 Å². The van der Waals surface area contributed by atoms with Crippen LogP contribution in [-0.4, -0.2) is 9.78 Å². The van der Waals surface area contributed by atoms with Gasteiger partial charge in [-0.25, -0.2) is 4.68 Å². The first-order valence-corrected chi connectivity index (χ1v) is 7.09. The third-order valence-corrected chi connectivity index (χ3v) is 3.78. The second kappa shape index (κ2) is 5.43. The predicted octanol–water partition coefficient (Wildman–Crippen LogP) is 3.76. The van der Waals surface area contributed by atoms with Crippen molar-refractivity contribution >= 4 is 21.6 Å². The zero-order chi connectivity index (χ0) is 14.8. The highest BCUT2D eigenvalue weighted by molar-refractivity contribution is 9.10. The summed E-state index contributed by atoms with van der Waals surface area (Å²) in [6.45, 7) is 0. The number of para-hydroxylation sites is 1. The van der Waals surface area contributed by atoms with Crippen molar-refractivity contribution in [2.45, 2.75) is 0 Å². The molecule has 0 bridgehead atoms. The molecule has 0 atom stereocenters. The van der Waals surface area contributed by atoms with E-state index in [1.165, 1.54) is 0 Å². The highest BCUT2D eigenvalue weighted by Crippen LogP contribution is 2.28. The molecule has 2 N–H and O–H groups in total. The Morgan fingerprint density at radius 3 is 2.71 bits per heavy atom. The Labute approximate surface area is 130 Å². The van der Waals surface area contributed by atoms with Gasteiger partial charge in [-0.2, -0.15) is 10.4 Å². The van der Waals surface area contributed by atoms with Crippen molar-refractivity contribution in [3.63, 3.8) is 0 Å². The molecule has 0 fully saturated rings. The molecule has 2 aromatic carbocycles. The molecule has 102 valence electrons. The number of benzene rings is 2. The van der Waals surface area contributed by atoms with Gasteiger partial charge < -0.3 is 5.73 Å². The molecule has 21 heavy (non-hydrogen) atoms. The van der Waals surface area contributed by atoms with Gasteiger partial charge in [-0.15, -0.1) is 0 Å². The molecule has 3 rings (SSSR count). The monoisotopic (exact) mass is 338 g/mol. The van der Waals surface area contributed by atoms with Crippen molar-refractivity contribution in [1.82, 2.24) is 9.78 Å². The molecule has 1 aromatic heterocycles. The molecule has 0 radical (unpaired) electrons. The van der Waals surface area contributed by atoms with Crippen LogP contribution in [-0.2, 0) is 0 Å². The minimum atomic E-state index is 0.570. The fourth-order valence-corrected chi connectivity index (χ4v) is 2.58. The molecule has 1 heterocycles. The number of hydrogen-bond acceptors (Lipinski definition) is 3. The van der Waals surface area contributed by atoms with Crippen molar-refractivity contribution < 1.29 is 0 Å². The van der Waals surface area contributed by atoms with Crippen LogP contribution in [0.25, 0.3) is 16.9 Å². The fraction of sp³-hybridized carbons (Fsp3) is 0. The Morgan fingerprint density at radius 2 is 1.95 bits per heavy atom. The maximum Gasteiger partial charge on any atom is 0.116 e. The van der Waals surface area contributed by atoms with E-state index in [2.05, 4.69) is 27.1 Å². The van der Waals surface area contributed by atoms with Gasteiger partial charge in [0, 0.05) is 10.0 Å². The van der Waals surface area contributed by atoms with Crippen LogP contribution in [0.1, 0.15) is 5.56 Å². The minimum Gasteiger partial charge on any atom is -0.396 e. The fourth-order valence-electron chi connectivity index (χ4n) is 2.11. The summed E-state index contributed by atoms with van der Waals surface area (Å²) < 4.78 is 2.66. The lowest BCUT2D eigenvalue weighted by Gasteiger charge is -2.03. The molecule has 0 aliphatic carbocycles. The van der Waals surface area contributed by atoms with Gasteiger partial charge in [-0.1, -0.05) is 24.3 Å². The van der Waals surface area contributed by atoms with Gasteiger partial charge in [0.1, 0.15) is 5.69 Å². The standard InChI is InChI=1S/C16H11BrN4/c17-13-6-1-2-7-15(13)21-10-14(19)16(20-21)12-5-3-4-11(8-12)9-18/h1-8,10H,19H2. The number of halogens is 1. The first-order chi connectivity index (χ1) is 10.2. The number of nitrogens with zero attached hydrogens (tertiary/aromatic N) is 3. The Balaban J connectivity index is 2.10. The summed E-state index contributed by atoms with van der Waals surface area (Å²) in [5.74, 6) is 0. The normalized spacial score (nSPS) is 10.3. The van der Waals surface area contributed by atoms with Crippen LogP contribution in [0, 0.1) is 11.3 Å². The molecule has 4 nitrogen and oxygen atoms in total. The molecule has 0 spiro atoms. The molecular weight excluding hydrogens is 328 g/mol. The van der Waals surface area contributed by atoms with E-state index in [0.29, 0.717) is 16.9 Å². The van der Waals surface area contributed by atoms with Crippen molar-refractivity contribution in [3.8, 4) is 23.0 Å². The maximum atomic E-state index is 8.98. The highest BCUT2D eigenvalue weighted by atomic mass is 79.9. The van der Waals surface area contributed by atoms with Crippen LogP contribution < -0.4 is 5.73 Å². The van der Waals surface area contributed by atoms with E-state index in [0.717, 1.165) is 15.7 Å². The number of hydrogen-bond donors (Lipinski definition) is 1. The van der Waals surface area contributed by atoms with Gasteiger partial charge in [0.05, 0.1) is 29.2 Å². The van der Waals surface area contributed by atoms with E-state index >= 15 is 0 Å². The second-order valence-electron chi connectivity index (χ2n) is 4.52. The highest BCUT2D eigenvalue weighted by Gasteiger charge is 2.11. The van der Waals surface area contributed by atoms with Gasteiger partial charge in [0.15, 0.2) is 0 Å². The average Bonchev–Trinajstić information content (AvgIpc) is 2.89. The zero-order valence-corrected chi connectivity index (χ0v) is 12.6. The third kappa shape index (κ3) is 2.54. The van der Waals surface area contributed by atoms with E-state index in [9.17, 15) is 0 Å². The van der Waals surface area contributed by atoms with Gasteiger partial charge in [0.2, 0.25) is 0 Å². The van der Waals surface area contributed by atoms with E-state index in [1.807, 2.05) is 36.4 Å². The number of rotatable bonds is 2. The van der Waals surface area contributed by atoms with Gasteiger partial charge in [-0.3, -0.25) is 0 Å². The summed E-state index contributed by atoms with van der Waals surface area (Å²) in [4.78, 5) is 0. The SMILES string of the molecule is N#Cc1cccc(-c2nn(-c3ccccc3Br)cc2N)c1.